The Kier molecular flexibility index (Phi) is 3.16. The maximum absolute atomic E-state index is 11.2. The molecule has 1 fully saturated rings. The van der Waals surface area contributed by atoms with E-state index >= 15 is 0 Å². The van der Waals surface area contributed by atoms with Crippen molar-refractivity contribution in [2.75, 3.05) is 11.0 Å². The zero-order chi connectivity index (χ0) is 13.3. The first-order valence-electron chi connectivity index (χ1n) is 5.37. The molecule has 1 aromatic carbocycles. The molecule has 0 aromatic heterocycles. The van der Waals surface area contributed by atoms with Crippen LogP contribution in [0.15, 0.2) is 18.2 Å². The minimum absolute atomic E-state index is 0.0226. The average Bonchev–Trinajstić information content (AvgIpc) is 3.01. The molecule has 0 aliphatic heterocycles. The van der Waals surface area contributed by atoms with Crippen LogP contribution in [0.4, 0.5) is 5.69 Å². The van der Waals surface area contributed by atoms with Crippen LogP contribution in [0.5, 0.6) is 5.75 Å². The number of benzene rings is 1. The van der Waals surface area contributed by atoms with E-state index < -0.39 is 16.0 Å². The minimum atomic E-state index is -3.48. The molecular weight excluding hydrogens is 258 g/mol. The molecule has 1 saturated carbocycles. The van der Waals surface area contributed by atoms with Gasteiger partial charge in [-0.1, -0.05) is 6.07 Å². The number of hydrogen-bond donors (Lipinski definition) is 2. The Hall–Kier alpha value is -1.76. The number of carboxylic acid groups (broad SMARTS) is 1. The summed E-state index contributed by atoms with van der Waals surface area (Å²) in [4.78, 5) is 11.1. The molecule has 0 unspecified atom stereocenters. The van der Waals surface area contributed by atoms with E-state index in [0.717, 1.165) is 19.1 Å². The van der Waals surface area contributed by atoms with Crippen LogP contribution >= 0.6 is 0 Å². The predicted octanol–water partition coefficient (Wildman–Crippen LogP) is 1.30. The monoisotopic (exact) mass is 271 g/mol. The van der Waals surface area contributed by atoms with Gasteiger partial charge in [-0.2, -0.15) is 0 Å². The lowest BCUT2D eigenvalue weighted by Crippen LogP contribution is -2.13. The molecule has 0 heterocycles. The van der Waals surface area contributed by atoms with Gasteiger partial charge in [0.2, 0.25) is 10.0 Å². The average molecular weight is 271 g/mol. The first-order chi connectivity index (χ1) is 8.37. The van der Waals surface area contributed by atoms with E-state index in [0.29, 0.717) is 0 Å². The molecule has 18 heavy (non-hydrogen) atoms. The van der Waals surface area contributed by atoms with Gasteiger partial charge in [0.05, 0.1) is 18.0 Å². The second-order valence-electron chi connectivity index (χ2n) is 4.18. The van der Waals surface area contributed by atoms with Crippen LogP contribution < -0.4 is 9.46 Å². The lowest BCUT2D eigenvalue weighted by molar-refractivity contribution is 0.0692. The third kappa shape index (κ3) is 3.13. The van der Waals surface area contributed by atoms with E-state index in [9.17, 15) is 13.2 Å². The van der Waals surface area contributed by atoms with E-state index in [2.05, 4.69) is 4.72 Å². The topological polar surface area (TPSA) is 92.7 Å². The zero-order valence-corrected chi connectivity index (χ0v) is 10.5. The highest BCUT2D eigenvalue weighted by Crippen LogP contribution is 2.35. The summed E-state index contributed by atoms with van der Waals surface area (Å²) in [5.41, 5.74) is 0.111. The van der Waals surface area contributed by atoms with Crippen molar-refractivity contribution in [2.45, 2.75) is 18.9 Å². The SMILES string of the molecule is CS(=O)(=O)Nc1cccc(C(=O)O)c1OC1CC1. The predicted molar refractivity (Wildman–Crippen MR) is 65.5 cm³/mol. The van der Waals surface area contributed by atoms with Gasteiger partial charge in [-0.05, 0) is 25.0 Å². The number of carbonyl (C=O) groups is 1. The minimum Gasteiger partial charge on any atom is -0.487 e. The highest BCUT2D eigenvalue weighted by molar-refractivity contribution is 7.92. The number of anilines is 1. The van der Waals surface area contributed by atoms with Crippen molar-refractivity contribution in [3.63, 3.8) is 0 Å². The van der Waals surface area contributed by atoms with E-state index in [1.807, 2.05) is 0 Å². The number of hydrogen-bond acceptors (Lipinski definition) is 4. The largest absolute Gasteiger partial charge is 0.487 e. The van der Waals surface area contributed by atoms with Crippen molar-refractivity contribution in [1.82, 2.24) is 0 Å². The molecule has 0 radical (unpaired) electrons. The molecule has 7 heteroatoms. The van der Waals surface area contributed by atoms with Crippen LogP contribution in [0, 0.1) is 0 Å². The molecule has 1 aromatic rings. The number of aromatic carboxylic acids is 1. The van der Waals surface area contributed by atoms with Gasteiger partial charge < -0.3 is 9.84 Å². The Morgan fingerprint density at radius 1 is 1.44 bits per heavy atom. The van der Waals surface area contributed by atoms with E-state index in [4.69, 9.17) is 9.84 Å². The molecule has 2 N–H and O–H groups in total. The number of ether oxygens (including phenoxy) is 1. The Bertz CT molecular complexity index is 577. The number of para-hydroxylation sites is 1. The maximum Gasteiger partial charge on any atom is 0.339 e. The molecule has 0 spiro atoms. The summed E-state index contributed by atoms with van der Waals surface area (Å²) < 4.78 is 30.2. The Labute approximate surface area is 105 Å². The third-order valence-electron chi connectivity index (χ3n) is 2.35. The van der Waals surface area contributed by atoms with Gasteiger partial charge in [0.1, 0.15) is 5.56 Å². The van der Waals surface area contributed by atoms with Crippen molar-refractivity contribution in [3.05, 3.63) is 23.8 Å². The quantitative estimate of drug-likeness (QED) is 0.842. The molecule has 98 valence electrons. The smallest absolute Gasteiger partial charge is 0.339 e. The fourth-order valence-electron chi connectivity index (χ4n) is 1.47. The van der Waals surface area contributed by atoms with Gasteiger partial charge in [0.25, 0.3) is 0 Å². The molecule has 1 aliphatic rings. The van der Waals surface area contributed by atoms with Gasteiger partial charge in [-0.25, -0.2) is 13.2 Å². The molecule has 0 atom stereocenters. The number of carboxylic acids is 1. The first-order valence-corrected chi connectivity index (χ1v) is 7.27. The molecule has 0 amide bonds. The van der Waals surface area contributed by atoms with Crippen molar-refractivity contribution >= 4 is 21.7 Å². The fourth-order valence-corrected chi connectivity index (χ4v) is 2.03. The Morgan fingerprint density at radius 2 is 2.11 bits per heavy atom. The fraction of sp³-hybridized carbons (Fsp3) is 0.364. The molecule has 0 bridgehead atoms. The van der Waals surface area contributed by atoms with E-state index in [-0.39, 0.29) is 23.1 Å². The molecular formula is C11H13NO5S. The lowest BCUT2D eigenvalue weighted by Gasteiger charge is -2.14. The van der Waals surface area contributed by atoms with Gasteiger partial charge in [-0.3, -0.25) is 4.72 Å². The van der Waals surface area contributed by atoms with Gasteiger partial charge in [-0.15, -0.1) is 0 Å². The van der Waals surface area contributed by atoms with Crippen molar-refractivity contribution < 1.29 is 23.1 Å². The zero-order valence-electron chi connectivity index (χ0n) is 9.71. The standard InChI is InChI=1S/C11H13NO5S/c1-18(15,16)12-9-4-2-3-8(11(13)14)10(9)17-7-5-6-7/h2-4,7,12H,5-6H2,1H3,(H,13,14). The van der Waals surface area contributed by atoms with Crippen LogP contribution in [0.2, 0.25) is 0 Å². The van der Waals surface area contributed by atoms with Crippen LogP contribution in [0.1, 0.15) is 23.2 Å². The lowest BCUT2D eigenvalue weighted by atomic mass is 10.2. The van der Waals surface area contributed by atoms with Gasteiger partial charge >= 0.3 is 5.97 Å². The number of rotatable bonds is 5. The molecule has 6 nitrogen and oxygen atoms in total. The van der Waals surface area contributed by atoms with Crippen molar-refractivity contribution in [2.24, 2.45) is 0 Å². The Morgan fingerprint density at radius 3 is 2.61 bits per heavy atom. The maximum atomic E-state index is 11.2. The highest BCUT2D eigenvalue weighted by atomic mass is 32.2. The second-order valence-corrected chi connectivity index (χ2v) is 5.93. The summed E-state index contributed by atoms with van der Waals surface area (Å²) in [6.07, 6.45) is 2.69. The van der Waals surface area contributed by atoms with Crippen LogP contribution in [0.3, 0.4) is 0 Å². The van der Waals surface area contributed by atoms with Crippen molar-refractivity contribution in [1.29, 1.82) is 0 Å². The molecule has 0 saturated heterocycles. The molecule has 1 aliphatic carbocycles. The number of sulfonamides is 1. The molecule has 2 rings (SSSR count). The summed E-state index contributed by atoms with van der Waals surface area (Å²) in [5.74, 6) is -1.07. The summed E-state index contributed by atoms with van der Waals surface area (Å²) >= 11 is 0. The van der Waals surface area contributed by atoms with Crippen LogP contribution in [-0.2, 0) is 10.0 Å². The van der Waals surface area contributed by atoms with Crippen molar-refractivity contribution in [3.8, 4) is 5.75 Å². The highest BCUT2D eigenvalue weighted by Gasteiger charge is 2.27. The first kappa shape index (κ1) is 12.7. The van der Waals surface area contributed by atoms with Crippen LogP contribution in [0.25, 0.3) is 0 Å². The normalized spacial score (nSPS) is 15.2. The summed E-state index contributed by atoms with van der Waals surface area (Å²) in [7, 11) is -3.48. The summed E-state index contributed by atoms with van der Waals surface area (Å²) in [5, 5.41) is 9.06. The third-order valence-corrected chi connectivity index (χ3v) is 2.94. The van der Waals surface area contributed by atoms with Gasteiger partial charge in [0, 0.05) is 0 Å². The van der Waals surface area contributed by atoms with Crippen LogP contribution in [-0.4, -0.2) is 31.9 Å². The Balaban J connectivity index is 2.42. The second kappa shape index (κ2) is 4.49. The van der Waals surface area contributed by atoms with Gasteiger partial charge in [0.15, 0.2) is 5.75 Å². The number of nitrogens with one attached hydrogen (secondary N) is 1. The van der Waals surface area contributed by atoms with E-state index in [1.165, 1.54) is 18.2 Å². The van der Waals surface area contributed by atoms with E-state index in [1.54, 1.807) is 0 Å². The summed E-state index contributed by atoms with van der Waals surface area (Å²) in [6.45, 7) is 0. The summed E-state index contributed by atoms with van der Waals surface area (Å²) in [6, 6.07) is 4.33.